The van der Waals surface area contributed by atoms with E-state index in [-0.39, 0.29) is 17.2 Å². The van der Waals surface area contributed by atoms with Crippen LogP contribution in [-0.4, -0.2) is 37.2 Å². The number of carbonyl (C=O) groups excluding carboxylic acids is 1. The average molecular weight is 252 g/mol. The van der Waals surface area contributed by atoms with Crippen molar-refractivity contribution in [1.29, 1.82) is 0 Å². The molecule has 0 bridgehead atoms. The van der Waals surface area contributed by atoms with Crippen LogP contribution in [0.15, 0.2) is 18.2 Å². The van der Waals surface area contributed by atoms with Crippen molar-refractivity contribution >= 4 is 17.6 Å². The molecule has 1 unspecified atom stereocenters. The van der Waals surface area contributed by atoms with Gasteiger partial charge in [0.15, 0.2) is 0 Å². The standard InChI is InChI=1S/C12H16N2O4/c1-7(13-2)11(15)14-10-6-8(18-3)4-5-9(10)12(16)17/h4-7,13H,1-3H3,(H,14,15)(H,16,17). The molecule has 6 heteroatoms. The first-order chi connectivity index (χ1) is 8.49. The molecule has 1 aromatic carbocycles. The minimum atomic E-state index is -1.11. The normalized spacial score (nSPS) is 11.7. The number of hydrogen-bond donors (Lipinski definition) is 3. The van der Waals surface area contributed by atoms with Gasteiger partial charge in [0, 0.05) is 6.07 Å². The molecule has 0 aliphatic heterocycles. The SMILES string of the molecule is CNC(C)C(=O)Nc1cc(OC)ccc1C(=O)O. The molecule has 0 spiro atoms. The van der Waals surface area contributed by atoms with Gasteiger partial charge in [-0.05, 0) is 26.1 Å². The van der Waals surface area contributed by atoms with Crippen molar-refractivity contribution in [1.82, 2.24) is 5.32 Å². The lowest BCUT2D eigenvalue weighted by atomic mass is 10.1. The highest BCUT2D eigenvalue weighted by atomic mass is 16.5. The second-order valence-corrected chi connectivity index (χ2v) is 3.72. The summed E-state index contributed by atoms with van der Waals surface area (Å²) in [7, 11) is 3.12. The number of methoxy groups -OCH3 is 1. The number of aromatic carboxylic acids is 1. The van der Waals surface area contributed by atoms with Gasteiger partial charge in [0.2, 0.25) is 5.91 Å². The second-order valence-electron chi connectivity index (χ2n) is 3.72. The Kier molecular flexibility index (Phi) is 4.67. The molecule has 1 rings (SSSR count). The van der Waals surface area contributed by atoms with Gasteiger partial charge in [-0.25, -0.2) is 4.79 Å². The molecule has 6 nitrogen and oxygen atoms in total. The van der Waals surface area contributed by atoms with Gasteiger partial charge in [0.25, 0.3) is 0 Å². The summed E-state index contributed by atoms with van der Waals surface area (Å²) in [5.41, 5.74) is 0.237. The Hall–Kier alpha value is -2.08. The maximum atomic E-state index is 11.7. The van der Waals surface area contributed by atoms with Gasteiger partial charge in [-0.3, -0.25) is 4.79 Å². The lowest BCUT2D eigenvalue weighted by molar-refractivity contribution is -0.117. The molecule has 18 heavy (non-hydrogen) atoms. The topological polar surface area (TPSA) is 87.7 Å². The van der Waals surface area contributed by atoms with Crippen LogP contribution in [0.4, 0.5) is 5.69 Å². The number of amides is 1. The summed E-state index contributed by atoms with van der Waals surface area (Å²) in [6.45, 7) is 1.68. The Morgan fingerprint density at radius 1 is 1.39 bits per heavy atom. The number of carboxylic acids is 1. The van der Waals surface area contributed by atoms with Crippen LogP contribution in [0, 0.1) is 0 Å². The Morgan fingerprint density at radius 3 is 2.56 bits per heavy atom. The Balaban J connectivity index is 3.04. The minimum Gasteiger partial charge on any atom is -0.497 e. The number of carboxylic acid groups (broad SMARTS) is 1. The molecule has 0 fully saturated rings. The summed E-state index contributed by atoms with van der Waals surface area (Å²) < 4.78 is 5.00. The third-order valence-electron chi connectivity index (χ3n) is 2.54. The van der Waals surface area contributed by atoms with E-state index < -0.39 is 12.0 Å². The molecule has 1 aromatic rings. The van der Waals surface area contributed by atoms with Crippen molar-refractivity contribution < 1.29 is 19.4 Å². The zero-order valence-electron chi connectivity index (χ0n) is 10.5. The van der Waals surface area contributed by atoms with Crippen LogP contribution in [0.1, 0.15) is 17.3 Å². The van der Waals surface area contributed by atoms with Crippen LogP contribution in [0.5, 0.6) is 5.75 Å². The summed E-state index contributed by atoms with van der Waals surface area (Å²) in [6, 6.07) is 3.98. The highest BCUT2D eigenvalue weighted by Crippen LogP contribution is 2.22. The fourth-order valence-electron chi connectivity index (χ4n) is 1.31. The van der Waals surface area contributed by atoms with E-state index in [1.165, 1.54) is 25.3 Å². The number of hydrogen-bond acceptors (Lipinski definition) is 4. The maximum Gasteiger partial charge on any atom is 0.337 e. The van der Waals surface area contributed by atoms with Gasteiger partial charge in [0.05, 0.1) is 24.4 Å². The zero-order chi connectivity index (χ0) is 13.7. The summed E-state index contributed by atoms with van der Waals surface area (Å²) >= 11 is 0. The molecule has 0 saturated carbocycles. The average Bonchev–Trinajstić information content (AvgIpc) is 2.37. The Morgan fingerprint density at radius 2 is 2.06 bits per heavy atom. The van der Waals surface area contributed by atoms with E-state index in [4.69, 9.17) is 9.84 Å². The molecule has 0 aliphatic carbocycles. The predicted octanol–water partition coefficient (Wildman–Crippen LogP) is 0.940. The van der Waals surface area contributed by atoms with Gasteiger partial charge >= 0.3 is 5.97 Å². The van der Waals surface area contributed by atoms with Crippen LogP contribution >= 0.6 is 0 Å². The molecule has 98 valence electrons. The van der Waals surface area contributed by atoms with Crippen LogP contribution in [0.2, 0.25) is 0 Å². The number of nitrogens with one attached hydrogen (secondary N) is 2. The van der Waals surface area contributed by atoms with E-state index >= 15 is 0 Å². The maximum absolute atomic E-state index is 11.7. The molecule has 0 radical (unpaired) electrons. The molecule has 0 heterocycles. The van der Waals surface area contributed by atoms with Crippen molar-refractivity contribution in [2.45, 2.75) is 13.0 Å². The van der Waals surface area contributed by atoms with E-state index in [9.17, 15) is 9.59 Å². The predicted molar refractivity (Wildman–Crippen MR) is 67.1 cm³/mol. The zero-order valence-corrected chi connectivity index (χ0v) is 10.5. The summed E-state index contributed by atoms with van der Waals surface area (Å²) in [4.78, 5) is 22.7. The molecule has 1 amide bonds. The van der Waals surface area contributed by atoms with Gasteiger partial charge in [-0.2, -0.15) is 0 Å². The van der Waals surface area contributed by atoms with Crippen LogP contribution in [0.25, 0.3) is 0 Å². The number of likely N-dealkylation sites (N-methyl/N-ethyl adjacent to an activating group) is 1. The number of benzene rings is 1. The van der Waals surface area contributed by atoms with E-state index in [2.05, 4.69) is 10.6 Å². The molecule has 0 saturated heterocycles. The number of ether oxygens (including phenoxy) is 1. The van der Waals surface area contributed by atoms with Crippen molar-refractivity contribution in [2.24, 2.45) is 0 Å². The Labute approximate surface area is 105 Å². The van der Waals surface area contributed by atoms with Crippen LogP contribution in [0.3, 0.4) is 0 Å². The molecular formula is C12H16N2O4. The van der Waals surface area contributed by atoms with E-state index in [1.54, 1.807) is 14.0 Å². The largest absolute Gasteiger partial charge is 0.497 e. The van der Waals surface area contributed by atoms with E-state index in [0.717, 1.165) is 0 Å². The first kappa shape index (κ1) is 14.0. The van der Waals surface area contributed by atoms with Crippen LogP contribution in [-0.2, 0) is 4.79 Å². The third kappa shape index (κ3) is 3.21. The highest BCUT2D eigenvalue weighted by molar-refractivity contribution is 6.02. The summed E-state index contributed by atoms with van der Waals surface area (Å²) in [6.07, 6.45) is 0. The van der Waals surface area contributed by atoms with Crippen molar-refractivity contribution in [3.63, 3.8) is 0 Å². The van der Waals surface area contributed by atoms with E-state index in [0.29, 0.717) is 5.75 Å². The van der Waals surface area contributed by atoms with Gasteiger partial charge < -0.3 is 20.5 Å². The minimum absolute atomic E-state index is 0.0208. The third-order valence-corrected chi connectivity index (χ3v) is 2.54. The number of carbonyl (C=O) groups is 2. The van der Waals surface area contributed by atoms with Crippen molar-refractivity contribution in [2.75, 3.05) is 19.5 Å². The molecule has 0 aliphatic rings. The lowest BCUT2D eigenvalue weighted by Gasteiger charge is -2.13. The first-order valence-corrected chi connectivity index (χ1v) is 5.39. The lowest BCUT2D eigenvalue weighted by Crippen LogP contribution is -2.35. The second kappa shape index (κ2) is 6.02. The van der Waals surface area contributed by atoms with Gasteiger partial charge in [0.1, 0.15) is 5.75 Å². The molecule has 3 N–H and O–H groups in total. The highest BCUT2D eigenvalue weighted by Gasteiger charge is 2.16. The number of rotatable bonds is 5. The molecule has 0 aromatic heterocycles. The first-order valence-electron chi connectivity index (χ1n) is 5.39. The summed E-state index contributed by atoms with van der Waals surface area (Å²) in [5.74, 6) is -0.939. The Bertz CT molecular complexity index is 459. The van der Waals surface area contributed by atoms with E-state index in [1.807, 2.05) is 0 Å². The smallest absolute Gasteiger partial charge is 0.337 e. The quantitative estimate of drug-likeness (QED) is 0.726. The fourth-order valence-corrected chi connectivity index (χ4v) is 1.31. The van der Waals surface area contributed by atoms with Crippen LogP contribution < -0.4 is 15.4 Å². The fraction of sp³-hybridized carbons (Fsp3) is 0.333. The van der Waals surface area contributed by atoms with Crippen molar-refractivity contribution in [3.05, 3.63) is 23.8 Å². The number of anilines is 1. The summed E-state index contributed by atoms with van der Waals surface area (Å²) in [5, 5.41) is 14.4. The van der Waals surface area contributed by atoms with Gasteiger partial charge in [-0.15, -0.1) is 0 Å². The van der Waals surface area contributed by atoms with Gasteiger partial charge in [-0.1, -0.05) is 0 Å². The van der Waals surface area contributed by atoms with Crippen molar-refractivity contribution in [3.8, 4) is 5.75 Å². The molecular weight excluding hydrogens is 236 g/mol. The molecule has 1 atom stereocenters. The monoisotopic (exact) mass is 252 g/mol.